The van der Waals surface area contributed by atoms with Gasteiger partial charge in [0.1, 0.15) is 12.4 Å². The second-order valence-corrected chi connectivity index (χ2v) is 8.13. The van der Waals surface area contributed by atoms with E-state index in [1.165, 1.54) is 12.4 Å². The monoisotopic (exact) mass is 436 g/mol. The number of nitrogens with zero attached hydrogens (tertiary/aromatic N) is 4. The molecule has 4 heterocycles. The first-order chi connectivity index (χ1) is 15.1. The molecule has 0 bridgehead atoms. The van der Waals surface area contributed by atoms with Crippen molar-refractivity contribution in [2.45, 2.75) is 12.6 Å². The van der Waals surface area contributed by atoms with Crippen LogP contribution in [0.1, 0.15) is 33.2 Å². The summed E-state index contributed by atoms with van der Waals surface area (Å²) < 4.78 is 6.74. The molecule has 2 aromatic heterocycles. The minimum atomic E-state index is -0.0700. The van der Waals surface area contributed by atoms with E-state index in [0.717, 1.165) is 22.6 Å². The number of piperazine rings is 1. The molecule has 0 saturated carbocycles. The van der Waals surface area contributed by atoms with E-state index in [4.69, 9.17) is 21.3 Å². The van der Waals surface area contributed by atoms with E-state index >= 15 is 0 Å². The lowest BCUT2D eigenvalue weighted by molar-refractivity contribution is -0.605. The van der Waals surface area contributed by atoms with Gasteiger partial charge in [-0.15, -0.1) is 0 Å². The van der Waals surface area contributed by atoms with E-state index in [-0.39, 0.29) is 11.9 Å². The predicted octanol–water partition coefficient (Wildman–Crippen LogP) is 2.81. The summed E-state index contributed by atoms with van der Waals surface area (Å²) in [6.45, 7) is 3.02. The van der Waals surface area contributed by atoms with Crippen molar-refractivity contribution in [1.82, 2.24) is 14.8 Å². The Morgan fingerprint density at radius 2 is 1.90 bits per heavy atom. The highest BCUT2D eigenvalue weighted by molar-refractivity contribution is 6.30. The van der Waals surface area contributed by atoms with Gasteiger partial charge in [-0.2, -0.15) is 4.73 Å². The molecule has 0 radical (unpaired) electrons. The molecule has 1 unspecified atom stereocenters. The van der Waals surface area contributed by atoms with Crippen molar-refractivity contribution in [3.63, 3.8) is 0 Å². The van der Waals surface area contributed by atoms with Gasteiger partial charge in [0.15, 0.2) is 12.4 Å². The van der Waals surface area contributed by atoms with E-state index in [0.29, 0.717) is 48.1 Å². The molecule has 1 atom stereocenters. The van der Waals surface area contributed by atoms with Crippen LogP contribution in [0.3, 0.4) is 0 Å². The van der Waals surface area contributed by atoms with E-state index in [1.54, 1.807) is 12.1 Å². The van der Waals surface area contributed by atoms with E-state index in [2.05, 4.69) is 4.90 Å². The molecule has 5 rings (SSSR count). The fourth-order valence-electron chi connectivity index (χ4n) is 4.27. The Morgan fingerprint density at radius 3 is 2.68 bits per heavy atom. The quantitative estimate of drug-likeness (QED) is 0.456. The molecule has 3 aromatic rings. The zero-order valence-electron chi connectivity index (χ0n) is 16.8. The maximum atomic E-state index is 12.8. The third-order valence-corrected chi connectivity index (χ3v) is 6.09. The van der Waals surface area contributed by atoms with Crippen LogP contribution in [0.5, 0.6) is 5.75 Å². The molecule has 1 aromatic carbocycles. The van der Waals surface area contributed by atoms with Crippen LogP contribution in [0.25, 0.3) is 0 Å². The Morgan fingerprint density at radius 1 is 1.13 bits per heavy atom. The summed E-state index contributed by atoms with van der Waals surface area (Å²) in [6, 6.07) is 12.8. The Kier molecular flexibility index (Phi) is 5.21. The van der Waals surface area contributed by atoms with E-state index in [1.807, 2.05) is 41.4 Å². The number of carbonyl (C=O) groups excluding carboxylic acids is 1. The summed E-state index contributed by atoms with van der Waals surface area (Å²) in [5.74, 6) is 0.708. The van der Waals surface area contributed by atoms with Crippen molar-refractivity contribution in [2.24, 2.45) is 0 Å². The topological polar surface area (TPSA) is 72.6 Å². The lowest BCUT2D eigenvalue weighted by atomic mass is 9.97. The number of rotatable bonds is 2. The van der Waals surface area contributed by atoms with Crippen molar-refractivity contribution in [3.8, 4) is 5.75 Å². The Balaban J connectivity index is 1.41. The number of benzene rings is 1. The average molecular weight is 437 g/mol. The molecule has 7 nitrogen and oxygen atoms in total. The van der Waals surface area contributed by atoms with Gasteiger partial charge in [-0.05, 0) is 18.2 Å². The van der Waals surface area contributed by atoms with Gasteiger partial charge in [0.25, 0.3) is 5.91 Å². The van der Waals surface area contributed by atoms with Crippen LogP contribution in [0.15, 0.2) is 61.1 Å². The Bertz CT molecular complexity index is 1110. The number of aromatic nitrogens is 2. The van der Waals surface area contributed by atoms with Gasteiger partial charge >= 0.3 is 0 Å². The molecular weight excluding hydrogens is 416 g/mol. The fraction of sp³-hybridized carbons (Fsp3) is 0.261. The Hall–Kier alpha value is -3.16. The number of hydrogen-bond acceptors (Lipinski definition) is 5. The van der Waals surface area contributed by atoms with Crippen molar-refractivity contribution in [1.29, 1.82) is 0 Å². The average Bonchev–Trinajstić information content (AvgIpc) is 2.96. The molecular formula is C23H21ClN4O3. The number of hydrogen-bond donors (Lipinski definition) is 0. The summed E-state index contributed by atoms with van der Waals surface area (Å²) in [6.07, 6.45) is 4.50. The SMILES string of the molecule is O=C(c1cc[n+]([O-])cc1)N1CCN(C2c3ccc(Cl)cc3OCc3cccnc32)CC1. The highest BCUT2D eigenvalue weighted by Crippen LogP contribution is 2.40. The molecule has 2 aliphatic rings. The third-order valence-electron chi connectivity index (χ3n) is 5.85. The van der Waals surface area contributed by atoms with Crippen molar-refractivity contribution in [3.05, 3.63) is 93.7 Å². The van der Waals surface area contributed by atoms with Crippen LogP contribution >= 0.6 is 11.6 Å². The summed E-state index contributed by atoms with van der Waals surface area (Å²) in [4.78, 5) is 21.7. The molecule has 8 heteroatoms. The molecule has 31 heavy (non-hydrogen) atoms. The zero-order chi connectivity index (χ0) is 21.4. The minimum absolute atomic E-state index is 0.0600. The van der Waals surface area contributed by atoms with Crippen molar-refractivity contribution in [2.75, 3.05) is 26.2 Å². The lowest BCUT2D eigenvalue weighted by Crippen LogP contribution is -2.50. The van der Waals surface area contributed by atoms with Gasteiger partial charge in [-0.3, -0.25) is 14.7 Å². The molecule has 0 spiro atoms. The molecule has 0 N–H and O–H groups in total. The van der Waals surface area contributed by atoms with Crippen LogP contribution in [0, 0.1) is 5.21 Å². The van der Waals surface area contributed by atoms with Gasteiger partial charge < -0.3 is 14.8 Å². The predicted molar refractivity (Wildman–Crippen MR) is 115 cm³/mol. The number of halogens is 1. The highest BCUT2D eigenvalue weighted by atomic mass is 35.5. The molecule has 0 aliphatic carbocycles. The summed E-state index contributed by atoms with van der Waals surface area (Å²) in [5.41, 5.74) is 3.58. The van der Waals surface area contributed by atoms with Crippen molar-refractivity contribution >= 4 is 17.5 Å². The second kappa shape index (κ2) is 8.17. The van der Waals surface area contributed by atoms with E-state index in [9.17, 15) is 10.0 Å². The van der Waals surface area contributed by atoms with Crippen molar-refractivity contribution < 1.29 is 14.3 Å². The smallest absolute Gasteiger partial charge is 0.254 e. The highest BCUT2D eigenvalue weighted by Gasteiger charge is 2.34. The number of amides is 1. The number of pyridine rings is 2. The largest absolute Gasteiger partial charge is 0.619 e. The molecule has 1 amide bonds. The standard InChI is InChI=1S/C23H21ClN4O3/c24-18-3-4-19-20(14-18)31-15-17-2-1-7-25-21(17)22(19)26-10-12-27(13-11-26)23(29)16-5-8-28(30)9-6-16/h1-9,14,22H,10-13,15H2. The lowest BCUT2D eigenvalue weighted by Gasteiger charge is -2.39. The molecule has 158 valence electrons. The van der Waals surface area contributed by atoms with Gasteiger partial charge in [0, 0.05) is 60.7 Å². The van der Waals surface area contributed by atoms with E-state index < -0.39 is 0 Å². The number of ether oxygens (including phenoxy) is 1. The maximum absolute atomic E-state index is 12.8. The summed E-state index contributed by atoms with van der Waals surface area (Å²) in [7, 11) is 0. The first kappa shape index (κ1) is 19.8. The van der Waals surface area contributed by atoms with Gasteiger partial charge in [-0.25, -0.2) is 0 Å². The third kappa shape index (κ3) is 3.82. The second-order valence-electron chi connectivity index (χ2n) is 7.70. The number of carbonyl (C=O) groups is 1. The normalized spacial score (nSPS) is 18.5. The first-order valence-corrected chi connectivity index (χ1v) is 10.6. The van der Waals surface area contributed by atoms with Crippen LogP contribution < -0.4 is 9.47 Å². The zero-order valence-corrected chi connectivity index (χ0v) is 17.5. The molecule has 1 fully saturated rings. The molecule has 2 aliphatic heterocycles. The molecule has 1 saturated heterocycles. The number of fused-ring (bicyclic) bond motifs is 2. The van der Waals surface area contributed by atoms with Crippen LogP contribution in [0.2, 0.25) is 5.02 Å². The van der Waals surface area contributed by atoms with Gasteiger partial charge in [-0.1, -0.05) is 23.7 Å². The van der Waals surface area contributed by atoms with Crippen LogP contribution in [-0.2, 0) is 6.61 Å². The minimum Gasteiger partial charge on any atom is -0.619 e. The van der Waals surface area contributed by atoms with Crippen LogP contribution in [-0.4, -0.2) is 46.9 Å². The maximum Gasteiger partial charge on any atom is 0.254 e. The Labute approximate surface area is 185 Å². The van der Waals surface area contributed by atoms with Gasteiger partial charge in [0.2, 0.25) is 0 Å². The fourth-order valence-corrected chi connectivity index (χ4v) is 4.43. The first-order valence-electron chi connectivity index (χ1n) is 10.2. The van der Waals surface area contributed by atoms with Crippen LogP contribution in [0.4, 0.5) is 0 Å². The summed E-state index contributed by atoms with van der Waals surface area (Å²) >= 11 is 6.22. The summed E-state index contributed by atoms with van der Waals surface area (Å²) in [5, 5.41) is 11.9. The van der Waals surface area contributed by atoms with Gasteiger partial charge in [0.05, 0.1) is 17.3 Å².